The Morgan fingerprint density at radius 1 is 0.967 bits per heavy atom. The van der Waals surface area contributed by atoms with E-state index in [9.17, 15) is 4.79 Å². The Balaban J connectivity index is 1.95. The number of carbonyl (C=O) groups excluding carboxylic acids is 1. The van der Waals surface area contributed by atoms with Gasteiger partial charge in [-0.05, 0) is 49.7 Å². The third-order valence-corrected chi connectivity index (χ3v) is 5.00. The summed E-state index contributed by atoms with van der Waals surface area (Å²) in [7, 11) is 4.72. The largest absolute Gasteiger partial charge is 0.493 e. The molecular weight excluding hydrogens is 386 g/mol. The SMILES string of the molecule is CCN(CC)C(=O)COc1ccc2occ(-c3cc(OC)c(OC)c(OC)c3)c2c1. The molecule has 160 valence electrons. The van der Waals surface area contributed by atoms with Gasteiger partial charge in [-0.2, -0.15) is 0 Å². The van der Waals surface area contributed by atoms with Crippen molar-refractivity contribution in [2.45, 2.75) is 13.8 Å². The van der Waals surface area contributed by atoms with Crippen molar-refractivity contribution in [3.05, 3.63) is 36.6 Å². The molecule has 30 heavy (non-hydrogen) atoms. The topological polar surface area (TPSA) is 70.4 Å². The predicted molar refractivity (Wildman–Crippen MR) is 115 cm³/mol. The standard InChI is InChI=1S/C23H27NO6/c1-6-24(7-2)22(25)14-29-16-8-9-19-17(12-16)18(13-30-19)15-10-20(26-3)23(28-5)21(11-15)27-4/h8-13H,6-7,14H2,1-5H3. The maximum absolute atomic E-state index is 12.2. The molecular formula is C23H27NO6. The Kier molecular flexibility index (Phi) is 6.72. The molecule has 1 aromatic heterocycles. The third kappa shape index (κ3) is 4.15. The van der Waals surface area contributed by atoms with Gasteiger partial charge in [0.2, 0.25) is 5.75 Å². The minimum atomic E-state index is -0.0443. The van der Waals surface area contributed by atoms with Gasteiger partial charge >= 0.3 is 0 Å². The van der Waals surface area contributed by atoms with E-state index in [1.165, 1.54) is 0 Å². The summed E-state index contributed by atoms with van der Waals surface area (Å²) in [5.41, 5.74) is 2.41. The lowest BCUT2D eigenvalue weighted by Crippen LogP contribution is -2.34. The summed E-state index contributed by atoms with van der Waals surface area (Å²) in [6, 6.07) is 9.22. The third-order valence-electron chi connectivity index (χ3n) is 5.00. The van der Waals surface area contributed by atoms with Crippen molar-refractivity contribution in [1.82, 2.24) is 4.90 Å². The van der Waals surface area contributed by atoms with E-state index in [-0.39, 0.29) is 12.5 Å². The lowest BCUT2D eigenvalue weighted by molar-refractivity contribution is -0.132. The van der Waals surface area contributed by atoms with E-state index in [2.05, 4.69) is 0 Å². The first-order valence-corrected chi connectivity index (χ1v) is 9.78. The molecule has 7 nitrogen and oxygen atoms in total. The van der Waals surface area contributed by atoms with Gasteiger partial charge in [0.05, 0.1) is 27.6 Å². The van der Waals surface area contributed by atoms with Gasteiger partial charge in [0, 0.05) is 24.0 Å². The molecule has 1 amide bonds. The van der Waals surface area contributed by atoms with Crippen LogP contribution < -0.4 is 18.9 Å². The number of likely N-dealkylation sites (N-methyl/N-ethyl adjacent to an activating group) is 1. The van der Waals surface area contributed by atoms with Crippen LogP contribution in [0.2, 0.25) is 0 Å². The number of hydrogen-bond acceptors (Lipinski definition) is 6. The number of nitrogens with zero attached hydrogens (tertiary/aromatic N) is 1. The van der Waals surface area contributed by atoms with Crippen molar-refractivity contribution >= 4 is 16.9 Å². The van der Waals surface area contributed by atoms with Crippen molar-refractivity contribution < 1.29 is 28.2 Å². The van der Waals surface area contributed by atoms with Gasteiger partial charge in [-0.3, -0.25) is 4.79 Å². The number of methoxy groups -OCH3 is 3. The first kappa shape index (κ1) is 21.4. The van der Waals surface area contributed by atoms with Crippen molar-refractivity contribution in [3.63, 3.8) is 0 Å². The first-order chi connectivity index (χ1) is 14.6. The summed E-state index contributed by atoms with van der Waals surface area (Å²) >= 11 is 0. The highest BCUT2D eigenvalue weighted by Crippen LogP contribution is 2.43. The minimum absolute atomic E-state index is 0.00937. The number of furan rings is 1. The van der Waals surface area contributed by atoms with E-state index in [0.717, 1.165) is 16.5 Å². The molecule has 3 rings (SSSR count). The number of rotatable bonds is 9. The van der Waals surface area contributed by atoms with Gasteiger partial charge in [0.25, 0.3) is 5.91 Å². The molecule has 3 aromatic rings. The number of amides is 1. The van der Waals surface area contributed by atoms with Crippen molar-refractivity contribution in [2.24, 2.45) is 0 Å². The number of ether oxygens (including phenoxy) is 4. The van der Waals surface area contributed by atoms with Crippen molar-refractivity contribution in [1.29, 1.82) is 0 Å². The normalized spacial score (nSPS) is 10.7. The molecule has 0 atom stereocenters. The van der Waals surface area contributed by atoms with Gasteiger partial charge < -0.3 is 28.3 Å². The van der Waals surface area contributed by atoms with Gasteiger partial charge in [0.1, 0.15) is 11.3 Å². The van der Waals surface area contributed by atoms with Crippen LogP contribution in [0.15, 0.2) is 41.0 Å². The van der Waals surface area contributed by atoms with E-state index in [1.807, 2.05) is 38.1 Å². The van der Waals surface area contributed by atoms with Gasteiger partial charge in [-0.15, -0.1) is 0 Å². The molecule has 0 saturated heterocycles. The molecule has 0 aliphatic carbocycles. The second-order valence-corrected chi connectivity index (χ2v) is 6.58. The summed E-state index contributed by atoms with van der Waals surface area (Å²) in [5.74, 6) is 2.18. The fourth-order valence-corrected chi connectivity index (χ4v) is 3.37. The fourth-order valence-electron chi connectivity index (χ4n) is 3.37. The van der Waals surface area contributed by atoms with Crippen LogP contribution >= 0.6 is 0 Å². The molecule has 0 aliphatic rings. The average molecular weight is 413 g/mol. The van der Waals surface area contributed by atoms with Crippen LogP contribution in [0, 0.1) is 0 Å². The highest BCUT2D eigenvalue weighted by Gasteiger charge is 2.17. The summed E-state index contributed by atoms with van der Waals surface area (Å²) < 4.78 is 27.8. The van der Waals surface area contributed by atoms with Crippen molar-refractivity contribution in [2.75, 3.05) is 41.0 Å². The van der Waals surface area contributed by atoms with E-state index in [1.54, 1.807) is 38.6 Å². The Hall–Kier alpha value is -3.35. The molecule has 2 aromatic carbocycles. The number of carbonyl (C=O) groups is 1. The predicted octanol–water partition coefficient (Wildman–Crippen LogP) is 4.37. The zero-order valence-electron chi connectivity index (χ0n) is 18.0. The van der Waals surface area contributed by atoms with Gasteiger partial charge in [-0.1, -0.05) is 0 Å². The molecule has 0 fully saturated rings. The maximum Gasteiger partial charge on any atom is 0.260 e. The number of hydrogen-bond donors (Lipinski definition) is 0. The van der Waals surface area contributed by atoms with Gasteiger partial charge in [0.15, 0.2) is 18.1 Å². The Bertz CT molecular complexity index is 997. The first-order valence-electron chi connectivity index (χ1n) is 9.78. The maximum atomic E-state index is 12.2. The van der Waals surface area contributed by atoms with E-state index in [4.69, 9.17) is 23.4 Å². The summed E-state index contributed by atoms with van der Waals surface area (Å²) in [4.78, 5) is 14.0. The molecule has 0 bridgehead atoms. The average Bonchev–Trinajstić information content (AvgIpc) is 3.20. The fraction of sp³-hybridized carbons (Fsp3) is 0.348. The lowest BCUT2D eigenvalue weighted by Gasteiger charge is -2.18. The Morgan fingerprint density at radius 2 is 1.63 bits per heavy atom. The Labute approximate surface area is 176 Å². The highest BCUT2D eigenvalue weighted by atomic mass is 16.5. The second-order valence-electron chi connectivity index (χ2n) is 6.58. The molecule has 0 unspecified atom stereocenters. The van der Waals surface area contributed by atoms with E-state index >= 15 is 0 Å². The van der Waals surface area contributed by atoms with Crippen LogP contribution in [-0.4, -0.2) is 51.8 Å². The highest BCUT2D eigenvalue weighted by molar-refractivity contribution is 5.95. The monoisotopic (exact) mass is 413 g/mol. The second kappa shape index (κ2) is 9.43. The smallest absolute Gasteiger partial charge is 0.260 e. The number of fused-ring (bicyclic) bond motifs is 1. The molecule has 0 saturated carbocycles. The molecule has 1 heterocycles. The Morgan fingerprint density at radius 3 is 2.20 bits per heavy atom. The quantitative estimate of drug-likeness (QED) is 0.519. The zero-order valence-corrected chi connectivity index (χ0v) is 18.0. The van der Waals surface area contributed by atoms with E-state index in [0.29, 0.717) is 41.7 Å². The van der Waals surface area contributed by atoms with Crippen LogP contribution in [0.4, 0.5) is 0 Å². The molecule has 0 radical (unpaired) electrons. The van der Waals surface area contributed by atoms with Crippen LogP contribution in [0.1, 0.15) is 13.8 Å². The number of benzene rings is 2. The molecule has 0 spiro atoms. The molecule has 0 aliphatic heterocycles. The summed E-state index contributed by atoms with van der Waals surface area (Å²) in [6.45, 7) is 5.20. The van der Waals surface area contributed by atoms with Crippen LogP contribution in [0.25, 0.3) is 22.1 Å². The van der Waals surface area contributed by atoms with Crippen LogP contribution in [-0.2, 0) is 4.79 Å². The summed E-state index contributed by atoms with van der Waals surface area (Å²) in [6.07, 6.45) is 1.68. The van der Waals surface area contributed by atoms with Crippen LogP contribution in [0.5, 0.6) is 23.0 Å². The van der Waals surface area contributed by atoms with Crippen molar-refractivity contribution in [3.8, 4) is 34.1 Å². The van der Waals surface area contributed by atoms with Crippen LogP contribution in [0.3, 0.4) is 0 Å². The minimum Gasteiger partial charge on any atom is -0.493 e. The molecule has 7 heteroatoms. The lowest BCUT2D eigenvalue weighted by atomic mass is 10.0. The zero-order chi connectivity index (χ0) is 21.7. The van der Waals surface area contributed by atoms with E-state index < -0.39 is 0 Å². The molecule has 0 N–H and O–H groups in total. The van der Waals surface area contributed by atoms with Gasteiger partial charge in [-0.25, -0.2) is 0 Å². The summed E-state index contributed by atoms with van der Waals surface area (Å²) in [5, 5.41) is 0.858.